The van der Waals surface area contributed by atoms with Crippen molar-refractivity contribution in [2.45, 2.75) is 41.9 Å². The number of aliphatic hydroxyl groups excluding tert-OH is 4. The molecule has 5 radical (unpaired) electrons. The van der Waals surface area contributed by atoms with E-state index in [2.05, 4.69) is 4.74 Å². The van der Waals surface area contributed by atoms with E-state index in [1.807, 2.05) is 0 Å². The van der Waals surface area contributed by atoms with Gasteiger partial charge >= 0.3 is 5.97 Å². The van der Waals surface area contributed by atoms with Crippen LogP contribution in [0.5, 0.6) is 0 Å². The molecule has 0 aromatic heterocycles. The molecule has 0 bridgehead atoms. The van der Waals surface area contributed by atoms with E-state index < -0.39 is 48.1 Å². The minimum absolute atomic E-state index is 0. The summed E-state index contributed by atoms with van der Waals surface area (Å²) >= 11 is 5.88. The van der Waals surface area contributed by atoms with Gasteiger partial charge in [-0.15, -0.1) is 0 Å². The minimum Gasteiger partial charge on any atom is -0.670 e. The van der Waals surface area contributed by atoms with Crippen LogP contribution in [0.1, 0.15) is 6.42 Å². The average molecular weight is 1430 g/mol. The molecule has 24 heavy (non-hydrogen) atoms. The van der Waals surface area contributed by atoms with E-state index in [0.29, 0.717) is 0 Å². The SMILES string of the molecule is COC(=O)C1(Cl)CC(O)C([NH-])C(C(O)C(O)CO)O1.[Ac].[Ac].[Ac].[Ac].[Ac]. The van der Waals surface area contributed by atoms with Crippen LogP contribution >= 0.6 is 11.6 Å². The largest absolute Gasteiger partial charge is 0.670 e. The van der Waals surface area contributed by atoms with Crippen LogP contribution < -0.4 is 0 Å². The summed E-state index contributed by atoms with van der Waals surface area (Å²) in [5.41, 5.74) is 7.67. The van der Waals surface area contributed by atoms with Gasteiger partial charge in [0.15, 0.2) is 0 Å². The molecule has 6 atom stereocenters. The number of carbonyl (C=O) groups excluding carboxylic acids is 1. The van der Waals surface area contributed by atoms with E-state index in [-0.39, 0.29) is 227 Å². The van der Waals surface area contributed by atoms with Gasteiger partial charge in [0.2, 0.25) is 5.06 Å². The molecule has 1 aliphatic heterocycles. The molecule has 1 saturated heterocycles. The summed E-state index contributed by atoms with van der Waals surface area (Å²) in [5.74, 6) is -0.976. The van der Waals surface area contributed by atoms with Gasteiger partial charge in [-0.1, -0.05) is 17.6 Å². The van der Waals surface area contributed by atoms with Crippen molar-refractivity contribution in [2.24, 2.45) is 0 Å². The summed E-state index contributed by atoms with van der Waals surface area (Å²) in [5, 5.41) is 35.5. The number of esters is 1. The van der Waals surface area contributed by atoms with Gasteiger partial charge in [0.25, 0.3) is 0 Å². The molecule has 127 valence electrons. The molecule has 1 fully saturated rings. The molecule has 0 spiro atoms. The fraction of sp³-hybridized carbons (Fsp3) is 0.900. The molecule has 8 nitrogen and oxygen atoms in total. The predicted octanol–water partition coefficient (Wildman–Crippen LogP) is -1.62. The van der Waals surface area contributed by atoms with Crippen LogP contribution in [0.25, 0.3) is 5.73 Å². The van der Waals surface area contributed by atoms with Crippen LogP contribution in [-0.2, 0) is 14.3 Å². The molecule has 0 aliphatic carbocycles. The second kappa shape index (κ2) is 20.3. The monoisotopic (exact) mass is 1430 g/mol. The summed E-state index contributed by atoms with van der Waals surface area (Å²) < 4.78 is 9.55. The molecular weight excluding hydrogens is 1420 g/mol. The summed E-state index contributed by atoms with van der Waals surface area (Å²) in [6.45, 7) is -0.767. The molecular formula is C10H17Ac5ClNO7-. The smallest absolute Gasteiger partial charge is 0.354 e. The molecule has 0 aromatic carbocycles. The standard InChI is InChI=1S/C10H17ClNO7.5Ac/c1-18-9(17)10(11)2-4(14)6(12)8(19-10)7(16)5(15)3-13;;;;;/h4-8,12-16H,2-3H2,1H3;;;;;/q-1;;;;;. The maximum Gasteiger partial charge on any atom is 0.354 e. The van der Waals surface area contributed by atoms with Crippen molar-refractivity contribution in [3.05, 3.63) is 5.73 Å². The van der Waals surface area contributed by atoms with E-state index in [9.17, 15) is 20.1 Å². The van der Waals surface area contributed by atoms with Crippen LogP contribution in [0.2, 0.25) is 0 Å². The number of carbonyl (C=O) groups is 1. The Hall–Kier alpha value is 6.73. The molecule has 5 N–H and O–H groups in total. The van der Waals surface area contributed by atoms with Crippen LogP contribution in [-0.4, -0.2) is 75.6 Å². The number of aliphatic hydroxyl groups is 4. The Bertz CT molecular complexity index is 349. The first kappa shape index (κ1) is 41.0. The Morgan fingerprint density at radius 2 is 1.79 bits per heavy atom. The predicted molar refractivity (Wildman–Crippen MR) is 63.3 cm³/mol. The first-order chi connectivity index (χ1) is 8.76. The molecule has 0 aromatic rings. The van der Waals surface area contributed by atoms with Crippen LogP contribution in [0.4, 0.5) is 0 Å². The summed E-state index contributed by atoms with van der Waals surface area (Å²) in [7, 11) is 1.07. The van der Waals surface area contributed by atoms with Crippen LogP contribution in [0, 0.1) is 220 Å². The Morgan fingerprint density at radius 1 is 1.33 bits per heavy atom. The van der Waals surface area contributed by atoms with Crippen molar-refractivity contribution in [3.63, 3.8) is 0 Å². The van der Waals surface area contributed by atoms with Crippen LogP contribution in [0.3, 0.4) is 0 Å². The van der Waals surface area contributed by atoms with Gasteiger partial charge in [-0.05, 0) is 0 Å². The third-order valence-corrected chi connectivity index (χ3v) is 3.37. The number of alkyl halides is 1. The van der Waals surface area contributed by atoms with Gasteiger partial charge in [0, 0.05) is 233 Å². The number of rotatable bonds is 4. The maximum absolute atomic E-state index is 11.5. The minimum atomic E-state index is -2.04. The zero-order valence-corrected chi connectivity index (χ0v) is 37.6. The third kappa shape index (κ3) is 12.1. The first-order valence-corrected chi connectivity index (χ1v) is 5.96. The Morgan fingerprint density at radius 3 is 2.17 bits per heavy atom. The molecule has 1 rings (SSSR count). The number of ether oxygens (including phenoxy) is 2. The van der Waals surface area contributed by atoms with Gasteiger partial charge < -0.3 is 35.6 Å². The summed E-state index contributed by atoms with van der Waals surface area (Å²) in [4.78, 5) is 11.5. The quantitative estimate of drug-likeness (QED) is 0.196. The molecule has 14 heteroatoms. The molecule has 0 amide bonds. The number of hydrogen-bond donors (Lipinski definition) is 4. The molecule has 6 unspecified atom stereocenters. The van der Waals surface area contributed by atoms with E-state index >= 15 is 0 Å². The van der Waals surface area contributed by atoms with Crippen molar-refractivity contribution in [3.8, 4) is 0 Å². The summed E-state index contributed by atoms with van der Waals surface area (Å²) in [6.07, 6.45) is -6.43. The number of halogens is 1. The number of methoxy groups -OCH3 is 1. The van der Waals surface area contributed by atoms with Crippen molar-refractivity contribution in [1.29, 1.82) is 0 Å². The number of hydrogen-bond acceptors (Lipinski definition) is 7. The van der Waals surface area contributed by atoms with E-state index in [1.165, 1.54) is 0 Å². The Kier molecular flexibility index (Phi) is 34.8. The van der Waals surface area contributed by atoms with Crippen molar-refractivity contribution >= 4 is 17.6 Å². The van der Waals surface area contributed by atoms with Crippen molar-refractivity contribution in [1.82, 2.24) is 0 Å². The molecule has 0 saturated carbocycles. The van der Waals surface area contributed by atoms with Crippen molar-refractivity contribution in [2.75, 3.05) is 13.7 Å². The van der Waals surface area contributed by atoms with Gasteiger partial charge in [-0.3, -0.25) is 0 Å². The Labute approximate surface area is 325 Å². The topological polar surface area (TPSA) is 140 Å². The summed E-state index contributed by atoms with van der Waals surface area (Å²) in [6, 6.07) is -1.33. The van der Waals surface area contributed by atoms with E-state index in [4.69, 9.17) is 27.2 Å². The fourth-order valence-electron chi connectivity index (χ4n) is 1.84. The average Bonchev–Trinajstić information content (AvgIpc) is 2.40. The second-order valence-electron chi connectivity index (χ2n) is 4.34. The Balaban J connectivity index is -0.000000241. The van der Waals surface area contributed by atoms with Crippen molar-refractivity contribution < 1.29 is 255 Å². The van der Waals surface area contributed by atoms with Gasteiger partial charge in [0.05, 0.1) is 19.8 Å². The van der Waals surface area contributed by atoms with Gasteiger partial charge in [0.1, 0.15) is 12.2 Å². The first-order valence-electron chi connectivity index (χ1n) is 5.58. The zero-order valence-electron chi connectivity index (χ0n) is 13.1. The maximum atomic E-state index is 11.5. The zero-order chi connectivity index (χ0) is 14.8. The fourth-order valence-corrected chi connectivity index (χ4v) is 2.18. The normalized spacial score (nSPS) is 30.5. The van der Waals surface area contributed by atoms with Gasteiger partial charge in [-0.2, -0.15) is 0 Å². The third-order valence-electron chi connectivity index (χ3n) is 2.97. The second-order valence-corrected chi connectivity index (χ2v) is 4.95. The molecule has 1 heterocycles. The van der Waals surface area contributed by atoms with E-state index in [0.717, 1.165) is 7.11 Å². The van der Waals surface area contributed by atoms with Gasteiger partial charge in [-0.25, -0.2) is 4.79 Å². The molecule has 1 aliphatic rings. The number of nitrogens with one attached hydrogen (secondary N) is 1. The van der Waals surface area contributed by atoms with E-state index in [1.54, 1.807) is 0 Å². The van der Waals surface area contributed by atoms with Crippen LogP contribution in [0.15, 0.2) is 0 Å².